The van der Waals surface area contributed by atoms with Crippen LogP contribution in [-0.4, -0.2) is 66.5 Å². The fourth-order valence-corrected chi connectivity index (χ4v) is 5.06. The molecule has 7 nitrogen and oxygen atoms in total. The number of carbonyl (C=O) groups is 3. The summed E-state index contributed by atoms with van der Waals surface area (Å²) in [5, 5.41) is 0.598. The molecule has 4 amide bonds. The maximum atomic E-state index is 13.4. The van der Waals surface area contributed by atoms with E-state index in [2.05, 4.69) is 4.90 Å². The highest BCUT2D eigenvalue weighted by molar-refractivity contribution is 6.31. The number of fused-ring (bicyclic) bond motifs is 4. The number of barbiturate groups is 1. The van der Waals surface area contributed by atoms with E-state index in [0.717, 1.165) is 21.1 Å². The van der Waals surface area contributed by atoms with Gasteiger partial charge in [0.2, 0.25) is 11.8 Å². The quantitative estimate of drug-likeness (QED) is 0.632. The van der Waals surface area contributed by atoms with E-state index < -0.39 is 29.3 Å². The van der Waals surface area contributed by atoms with Gasteiger partial charge in [-0.1, -0.05) is 17.7 Å². The molecule has 3 aliphatic rings. The van der Waals surface area contributed by atoms with Gasteiger partial charge in [0.15, 0.2) is 5.41 Å². The van der Waals surface area contributed by atoms with Gasteiger partial charge < -0.3 is 9.64 Å². The number of carbonyl (C=O) groups excluding carboxylic acids is 3. The van der Waals surface area contributed by atoms with E-state index in [1.54, 1.807) is 6.07 Å². The fourth-order valence-electron chi connectivity index (χ4n) is 4.89. The van der Waals surface area contributed by atoms with Crippen LogP contribution < -0.4 is 4.90 Å². The highest BCUT2D eigenvalue weighted by Gasteiger charge is 2.65. The molecule has 0 aliphatic carbocycles. The molecule has 1 aromatic carbocycles. The van der Waals surface area contributed by atoms with Crippen molar-refractivity contribution in [2.45, 2.75) is 38.5 Å². The Labute approximate surface area is 162 Å². The van der Waals surface area contributed by atoms with E-state index in [0.29, 0.717) is 11.6 Å². The molecule has 0 aromatic heterocycles. The van der Waals surface area contributed by atoms with Gasteiger partial charge in [-0.3, -0.25) is 19.4 Å². The lowest BCUT2D eigenvalue weighted by Gasteiger charge is -2.57. The summed E-state index contributed by atoms with van der Waals surface area (Å²) in [7, 11) is 2.85. The molecule has 2 saturated heterocycles. The SMILES string of the molecule is CC1CN2c3cc(Cl)ccc3CC3(C(=O)N(C)C(=O)N(C)C3=O)C2C(C)O1. The van der Waals surface area contributed by atoms with Crippen LogP contribution in [0.4, 0.5) is 10.5 Å². The third-order valence-electron chi connectivity index (χ3n) is 5.96. The minimum atomic E-state index is -1.40. The van der Waals surface area contributed by atoms with E-state index in [1.807, 2.05) is 26.0 Å². The number of nitrogens with zero attached hydrogens (tertiary/aromatic N) is 3. The van der Waals surface area contributed by atoms with Crippen LogP contribution in [0.2, 0.25) is 5.02 Å². The lowest BCUT2D eigenvalue weighted by atomic mass is 9.66. The van der Waals surface area contributed by atoms with E-state index in [1.165, 1.54) is 14.1 Å². The molecule has 3 atom stereocenters. The first-order valence-corrected chi connectivity index (χ1v) is 9.37. The van der Waals surface area contributed by atoms with Crippen molar-refractivity contribution in [3.63, 3.8) is 0 Å². The highest BCUT2D eigenvalue weighted by Crippen LogP contribution is 2.49. The normalized spacial score (nSPS) is 29.9. The molecule has 3 heterocycles. The Balaban J connectivity index is 1.95. The molecule has 0 bridgehead atoms. The average molecular weight is 392 g/mol. The fraction of sp³-hybridized carbons (Fsp3) is 0.526. The molecule has 27 heavy (non-hydrogen) atoms. The van der Waals surface area contributed by atoms with Crippen molar-refractivity contribution in [3.8, 4) is 0 Å². The van der Waals surface area contributed by atoms with Crippen molar-refractivity contribution in [1.29, 1.82) is 0 Å². The van der Waals surface area contributed by atoms with Gasteiger partial charge >= 0.3 is 6.03 Å². The maximum Gasteiger partial charge on any atom is 0.332 e. The molecule has 3 unspecified atom stereocenters. The average Bonchev–Trinajstić information content (AvgIpc) is 2.63. The smallest absolute Gasteiger partial charge is 0.332 e. The minimum absolute atomic E-state index is 0.0656. The van der Waals surface area contributed by atoms with Crippen molar-refractivity contribution in [2.75, 3.05) is 25.5 Å². The molecule has 0 saturated carbocycles. The number of rotatable bonds is 0. The second-order valence-corrected chi connectivity index (χ2v) is 8.12. The number of imide groups is 2. The molecule has 8 heteroatoms. The van der Waals surface area contributed by atoms with Crippen LogP contribution in [-0.2, 0) is 20.7 Å². The first-order chi connectivity index (χ1) is 12.7. The Kier molecular flexibility index (Phi) is 4.01. The van der Waals surface area contributed by atoms with Crippen LogP contribution in [0.25, 0.3) is 0 Å². The van der Waals surface area contributed by atoms with Gasteiger partial charge in [0, 0.05) is 31.4 Å². The van der Waals surface area contributed by atoms with Gasteiger partial charge in [0.25, 0.3) is 0 Å². The predicted octanol–water partition coefficient (Wildman–Crippen LogP) is 1.92. The molecule has 0 N–H and O–H groups in total. The zero-order valence-corrected chi connectivity index (χ0v) is 16.5. The molecule has 1 spiro atoms. The molecule has 0 radical (unpaired) electrons. The first kappa shape index (κ1) is 18.3. The van der Waals surface area contributed by atoms with Gasteiger partial charge in [-0.25, -0.2) is 4.79 Å². The van der Waals surface area contributed by atoms with Crippen molar-refractivity contribution in [3.05, 3.63) is 28.8 Å². The van der Waals surface area contributed by atoms with Crippen LogP contribution in [0, 0.1) is 5.41 Å². The number of urea groups is 1. The Morgan fingerprint density at radius 1 is 1.11 bits per heavy atom. The number of ether oxygens (including phenoxy) is 1. The number of halogens is 1. The van der Waals surface area contributed by atoms with Crippen LogP contribution >= 0.6 is 11.6 Å². The number of hydrogen-bond donors (Lipinski definition) is 0. The number of amides is 4. The molecular weight excluding hydrogens is 370 g/mol. The van der Waals surface area contributed by atoms with Gasteiger partial charge in [-0.15, -0.1) is 0 Å². The number of morpholine rings is 1. The van der Waals surface area contributed by atoms with Gasteiger partial charge in [-0.2, -0.15) is 0 Å². The van der Waals surface area contributed by atoms with Gasteiger partial charge in [-0.05, 0) is 38.0 Å². The van der Waals surface area contributed by atoms with E-state index in [4.69, 9.17) is 16.3 Å². The van der Waals surface area contributed by atoms with Crippen molar-refractivity contribution in [2.24, 2.45) is 5.41 Å². The lowest BCUT2D eigenvalue weighted by molar-refractivity contribution is -0.166. The predicted molar refractivity (Wildman–Crippen MR) is 99.7 cm³/mol. The van der Waals surface area contributed by atoms with E-state index in [-0.39, 0.29) is 18.6 Å². The topological polar surface area (TPSA) is 70.2 Å². The van der Waals surface area contributed by atoms with E-state index >= 15 is 0 Å². The third-order valence-corrected chi connectivity index (χ3v) is 6.19. The van der Waals surface area contributed by atoms with Gasteiger partial charge in [0.05, 0.1) is 18.2 Å². The Morgan fingerprint density at radius 3 is 2.37 bits per heavy atom. The van der Waals surface area contributed by atoms with Gasteiger partial charge in [0.1, 0.15) is 0 Å². The number of benzene rings is 1. The minimum Gasteiger partial charge on any atom is -0.372 e. The molecular formula is C19H22ClN3O4. The molecule has 4 rings (SSSR count). The molecule has 3 aliphatic heterocycles. The number of hydrogen-bond acceptors (Lipinski definition) is 5. The molecule has 1 aromatic rings. The lowest BCUT2D eigenvalue weighted by Crippen LogP contribution is -2.75. The first-order valence-electron chi connectivity index (χ1n) is 8.99. The van der Waals surface area contributed by atoms with Crippen molar-refractivity contribution in [1.82, 2.24) is 9.80 Å². The van der Waals surface area contributed by atoms with Crippen LogP contribution in [0.15, 0.2) is 18.2 Å². The summed E-state index contributed by atoms with van der Waals surface area (Å²) in [5.41, 5.74) is 0.385. The standard InChI is InChI=1S/C19H22ClN3O4/c1-10-9-23-14-7-13(20)6-5-12(14)8-19(15(23)11(2)27-10)16(24)21(3)18(26)22(4)17(19)25/h5-7,10-11,15H,8-9H2,1-4H3. The second kappa shape index (κ2) is 5.94. The monoisotopic (exact) mass is 391 g/mol. The summed E-state index contributed by atoms with van der Waals surface area (Å²) >= 11 is 6.23. The van der Waals surface area contributed by atoms with Crippen molar-refractivity contribution < 1.29 is 19.1 Å². The number of anilines is 1. The highest BCUT2D eigenvalue weighted by atomic mass is 35.5. The summed E-state index contributed by atoms with van der Waals surface area (Å²) in [6, 6.07) is 4.37. The summed E-state index contributed by atoms with van der Waals surface area (Å²) in [4.78, 5) is 43.2. The van der Waals surface area contributed by atoms with Crippen molar-refractivity contribution >= 4 is 35.1 Å². The Morgan fingerprint density at radius 2 is 1.74 bits per heavy atom. The van der Waals surface area contributed by atoms with Crippen LogP contribution in [0.5, 0.6) is 0 Å². The summed E-state index contributed by atoms with van der Waals surface area (Å²) in [6.45, 7) is 4.37. The third kappa shape index (κ3) is 2.34. The van der Waals surface area contributed by atoms with Crippen LogP contribution in [0.1, 0.15) is 19.4 Å². The zero-order chi connectivity index (χ0) is 19.7. The molecule has 144 valence electrons. The Hall–Kier alpha value is -2.12. The zero-order valence-electron chi connectivity index (χ0n) is 15.7. The van der Waals surface area contributed by atoms with Crippen LogP contribution in [0.3, 0.4) is 0 Å². The summed E-state index contributed by atoms with van der Waals surface area (Å²) in [5.74, 6) is -0.951. The summed E-state index contributed by atoms with van der Waals surface area (Å²) < 4.78 is 6.02. The summed E-state index contributed by atoms with van der Waals surface area (Å²) in [6.07, 6.45) is -0.226. The largest absolute Gasteiger partial charge is 0.372 e. The van der Waals surface area contributed by atoms with E-state index in [9.17, 15) is 14.4 Å². The Bertz CT molecular complexity index is 833. The molecule has 2 fully saturated rings. The maximum absolute atomic E-state index is 13.4. The second-order valence-electron chi connectivity index (χ2n) is 7.68.